The predicted octanol–water partition coefficient (Wildman–Crippen LogP) is 3.87. The minimum atomic E-state index is 0.117. The molecule has 0 spiro atoms. The molecule has 1 amide bonds. The van der Waals surface area contributed by atoms with Crippen molar-refractivity contribution in [2.24, 2.45) is 7.05 Å². The molecule has 0 aliphatic heterocycles. The summed E-state index contributed by atoms with van der Waals surface area (Å²) >= 11 is 0. The molecule has 180 valence electrons. The summed E-state index contributed by atoms with van der Waals surface area (Å²) < 4.78 is 5.83. The fourth-order valence-corrected chi connectivity index (χ4v) is 5.04. The molecule has 4 aromatic rings. The number of carbonyl (C=O) groups excluding carboxylic acids is 1. The second kappa shape index (κ2) is 8.12. The molecule has 35 heavy (non-hydrogen) atoms. The summed E-state index contributed by atoms with van der Waals surface area (Å²) in [4.78, 5) is 25.4. The maximum atomic E-state index is 13.7. The van der Waals surface area contributed by atoms with Crippen molar-refractivity contribution in [3.8, 4) is 6.07 Å². The van der Waals surface area contributed by atoms with E-state index in [1.165, 1.54) is 0 Å². The number of amides is 1. The lowest BCUT2D eigenvalue weighted by atomic mass is 10.2. The summed E-state index contributed by atoms with van der Waals surface area (Å²) in [5.74, 6) is 1.37. The molecular formula is C25H29N9O. The Balaban J connectivity index is 1.46. The molecule has 2 fully saturated rings. The lowest BCUT2D eigenvalue weighted by Crippen LogP contribution is -2.36. The van der Waals surface area contributed by atoms with E-state index in [0.29, 0.717) is 48.9 Å². The highest BCUT2D eigenvalue weighted by Crippen LogP contribution is 2.39. The monoisotopic (exact) mass is 471 g/mol. The van der Waals surface area contributed by atoms with Gasteiger partial charge in [-0.25, -0.2) is 9.97 Å². The SMILES string of the molecule is CCn1c(C(=O)N(C2CC2)C2CC2)cc2c3c(ncn3C)c(Nc3cc(C)n(CCC#N)n3)nc21. The van der Waals surface area contributed by atoms with Crippen molar-refractivity contribution in [1.29, 1.82) is 5.26 Å². The van der Waals surface area contributed by atoms with Crippen LogP contribution < -0.4 is 5.32 Å². The number of hydrogen-bond acceptors (Lipinski definition) is 6. The highest BCUT2D eigenvalue weighted by atomic mass is 16.2. The van der Waals surface area contributed by atoms with E-state index in [0.717, 1.165) is 53.4 Å². The van der Waals surface area contributed by atoms with Crippen LogP contribution in [0.25, 0.3) is 22.1 Å². The van der Waals surface area contributed by atoms with Crippen molar-refractivity contribution in [2.75, 3.05) is 5.32 Å². The zero-order valence-corrected chi connectivity index (χ0v) is 20.3. The number of nitrogens with zero attached hydrogens (tertiary/aromatic N) is 8. The summed E-state index contributed by atoms with van der Waals surface area (Å²) in [6, 6.07) is 6.88. The number of anilines is 2. The number of nitrogens with one attached hydrogen (secondary N) is 1. The molecule has 0 atom stereocenters. The molecular weight excluding hydrogens is 442 g/mol. The number of pyridine rings is 1. The van der Waals surface area contributed by atoms with Gasteiger partial charge in [-0.15, -0.1) is 0 Å². The minimum Gasteiger partial charge on any atom is -0.333 e. The minimum absolute atomic E-state index is 0.117. The molecule has 10 nitrogen and oxygen atoms in total. The van der Waals surface area contributed by atoms with Crippen LogP contribution in [0.3, 0.4) is 0 Å². The number of hydrogen-bond donors (Lipinski definition) is 1. The first kappa shape index (κ1) is 21.6. The van der Waals surface area contributed by atoms with Gasteiger partial charge in [0.15, 0.2) is 11.6 Å². The van der Waals surface area contributed by atoms with Crippen LogP contribution in [0, 0.1) is 18.3 Å². The molecule has 1 N–H and O–H groups in total. The van der Waals surface area contributed by atoms with Crippen LogP contribution in [0.2, 0.25) is 0 Å². The molecule has 2 aliphatic carbocycles. The zero-order valence-electron chi connectivity index (χ0n) is 20.3. The van der Waals surface area contributed by atoms with Gasteiger partial charge in [0.2, 0.25) is 0 Å². The summed E-state index contributed by atoms with van der Waals surface area (Å²) in [6.45, 7) is 5.20. The van der Waals surface area contributed by atoms with Crippen LogP contribution in [-0.2, 0) is 20.1 Å². The van der Waals surface area contributed by atoms with E-state index in [-0.39, 0.29) is 5.91 Å². The van der Waals surface area contributed by atoms with Gasteiger partial charge in [-0.2, -0.15) is 10.4 Å². The van der Waals surface area contributed by atoms with E-state index in [9.17, 15) is 4.79 Å². The van der Waals surface area contributed by atoms with E-state index < -0.39 is 0 Å². The maximum Gasteiger partial charge on any atom is 0.271 e. The molecule has 4 heterocycles. The third-order valence-corrected chi connectivity index (χ3v) is 7.02. The van der Waals surface area contributed by atoms with E-state index in [1.807, 2.05) is 39.9 Å². The number of aromatic nitrogens is 6. The molecule has 2 saturated carbocycles. The molecule has 0 saturated heterocycles. The number of fused-ring (bicyclic) bond motifs is 3. The number of rotatable bonds is 8. The van der Waals surface area contributed by atoms with Gasteiger partial charge in [-0.1, -0.05) is 0 Å². The lowest BCUT2D eigenvalue weighted by molar-refractivity contribution is 0.0719. The van der Waals surface area contributed by atoms with Crippen molar-refractivity contribution < 1.29 is 4.79 Å². The van der Waals surface area contributed by atoms with Gasteiger partial charge in [-0.3, -0.25) is 9.48 Å². The largest absolute Gasteiger partial charge is 0.333 e. The quantitative estimate of drug-likeness (QED) is 0.418. The smallest absolute Gasteiger partial charge is 0.271 e. The van der Waals surface area contributed by atoms with Crippen LogP contribution in [0.5, 0.6) is 0 Å². The van der Waals surface area contributed by atoms with Crippen LogP contribution in [-0.4, -0.2) is 51.8 Å². The van der Waals surface area contributed by atoms with Gasteiger partial charge in [0, 0.05) is 42.8 Å². The fraction of sp³-hybridized carbons (Fsp3) is 0.480. The summed E-state index contributed by atoms with van der Waals surface area (Å²) in [7, 11) is 1.96. The topological polar surface area (TPSA) is 110 Å². The van der Waals surface area contributed by atoms with Gasteiger partial charge in [0.25, 0.3) is 5.91 Å². The fourth-order valence-electron chi connectivity index (χ4n) is 5.04. The standard InChI is InChI=1S/C25H29N9O/c1-4-32-19(25(35)34(16-6-7-16)17-8-9-17)13-18-22-21(27-14-31(22)3)23(29-24(18)32)28-20-12-15(2)33(30-20)11-5-10-26/h12-14,16-17H,4-9,11H2,1-3H3,(H,28,29,30). The first-order valence-electron chi connectivity index (χ1n) is 12.4. The molecule has 0 radical (unpaired) electrons. The Kier molecular flexibility index (Phi) is 5.02. The molecule has 0 aromatic carbocycles. The summed E-state index contributed by atoms with van der Waals surface area (Å²) in [5, 5.41) is 17.8. The second-order valence-corrected chi connectivity index (χ2v) is 9.63. The Hall–Kier alpha value is -3.87. The van der Waals surface area contributed by atoms with E-state index in [2.05, 4.69) is 33.3 Å². The average Bonchev–Trinajstić information content (AvgIpc) is 3.76. The Morgan fingerprint density at radius 1 is 1.26 bits per heavy atom. The average molecular weight is 472 g/mol. The van der Waals surface area contributed by atoms with Crippen LogP contribution in [0.4, 0.5) is 11.6 Å². The zero-order chi connectivity index (χ0) is 24.3. The second-order valence-electron chi connectivity index (χ2n) is 9.63. The normalized spacial score (nSPS) is 15.6. The maximum absolute atomic E-state index is 13.7. The molecule has 6 rings (SSSR count). The third kappa shape index (κ3) is 3.62. The van der Waals surface area contributed by atoms with Gasteiger partial charge in [0.05, 0.1) is 30.9 Å². The molecule has 0 bridgehead atoms. The van der Waals surface area contributed by atoms with E-state index in [1.54, 1.807) is 6.33 Å². The third-order valence-electron chi connectivity index (χ3n) is 7.02. The summed E-state index contributed by atoms with van der Waals surface area (Å²) in [6.07, 6.45) is 6.59. The number of aryl methyl sites for hydroxylation is 4. The van der Waals surface area contributed by atoms with Crippen molar-refractivity contribution >= 4 is 39.6 Å². The number of carbonyl (C=O) groups is 1. The van der Waals surface area contributed by atoms with Crippen molar-refractivity contribution in [1.82, 2.24) is 33.8 Å². The van der Waals surface area contributed by atoms with Crippen molar-refractivity contribution in [3.63, 3.8) is 0 Å². The van der Waals surface area contributed by atoms with Gasteiger partial charge in [0.1, 0.15) is 16.9 Å². The Morgan fingerprint density at radius 3 is 2.66 bits per heavy atom. The first-order chi connectivity index (χ1) is 17.0. The van der Waals surface area contributed by atoms with E-state index in [4.69, 9.17) is 10.2 Å². The molecule has 2 aliphatic rings. The van der Waals surface area contributed by atoms with Crippen molar-refractivity contribution in [3.05, 3.63) is 29.8 Å². The molecule has 0 unspecified atom stereocenters. The summed E-state index contributed by atoms with van der Waals surface area (Å²) in [5.41, 5.74) is 4.10. The molecule has 10 heteroatoms. The highest BCUT2D eigenvalue weighted by Gasteiger charge is 2.43. The Morgan fingerprint density at radius 2 is 2.00 bits per heavy atom. The number of imidazole rings is 1. The van der Waals surface area contributed by atoms with Gasteiger partial charge >= 0.3 is 0 Å². The van der Waals surface area contributed by atoms with Gasteiger partial charge < -0.3 is 19.4 Å². The Bertz CT molecular complexity index is 1480. The van der Waals surface area contributed by atoms with Crippen LogP contribution >= 0.6 is 0 Å². The number of nitriles is 1. The van der Waals surface area contributed by atoms with Crippen molar-refractivity contribution in [2.45, 2.75) is 71.1 Å². The van der Waals surface area contributed by atoms with Crippen LogP contribution in [0.15, 0.2) is 18.5 Å². The Labute approximate surface area is 203 Å². The first-order valence-corrected chi connectivity index (χ1v) is 12.4. The highest BCUT2D eigenvalue weighted by molar-refractivity contribution is 6.10. The molecule has 4 aromatic heterocycles. The van der Waals surface area contributed by atoms with E-state index >= 15 is 0 Å². The van der Waals surface area contributed by atoms with Gasteiger partial charge in [-0.05, 0) is 45.6 Å². The predicted molar refractivity (Wildman–Crippen MR) is 132 cm³/mol. The lowest BCUT2D eigenvalue weighted by Gasteiger charge is -2.22. The van der Waals surface area contributed by atoms with Crippen LogP contribution in [0.1, 0.15) is 55.2 Å².